The normalized spacial score (nSPS) is 22.3. The van der Waals surface area contributed by atoms with E-state index in [2.05, 4.69) is 26.6 Å². The van der Waals surface area contributed by atoms with Crippen LogP contribution in [0.5, 0.6) is 0 Å². The zero-order valence-electron chi connectivity index (χ0n) is 17.1. The molecule has 0 amide bonds. The van der Waals surface area contributed by atoms with Crippen LogP contribution in [0.4, 0.5) is 13.2 Å². The molecule has 3 aliphatic rings. The first-order valence-electron chi connectivity index (χ1n) is 10.9. The topological polar surface area (TPSA) is 47.8 Å². The van der Waals surface area contributed by atoms with E-state index in [9.17, 15) is 13.2 Å². The average Bonchev–Trinajstić information content (AvgIpc) is 3.44. The van der Waals surface area contributed by atoms with E-state index in [0.29, 0.717) is 43.7 Å². The van der Waals surface area contributed by atoms with Gasteiger partial charge < -0.3 is 15.6 Å². The van der Waals surface area contributed by atoms with Crippen LogP contribution in [0.3, 0.4) is 0 Å². The minimum atomic E-state index is -4.44. The molecule has 0 radical (unpaired) electrons. The summed E-state index contributed by atoms with van der Waals surface area (Å²) in [5.74, 6) is -0.782. The summed E-state index contributed by atoms with van der Waals surface area (Å²) < 4.78 is 42.6. The predicted molar refractivity (Wildman–Crippen MR) is 116 cm³/mol. The Labute approximate surface area is 184 Å². The van der Waals surface area contributed by atoms with Crippen molar-refractivity contribution in [3.05, 3.63) is 35.0 Å². The van der Waals surface area contributed by atoms with E-state index in [1.807, 2.05) is 18.2 Å². The summed E-state index contributed by atoms with van der Waals surface area (Å²) in [6, 6.07) is 8.27. The Bertz CT molecular complexity index is 981. The van der Waals surface area contributed by atoms with Gasteiger partial charge in [0.05, 0.1) is 5.52 Å². The molecule has 2 fully saturated rings. The second-order valence-corrected chi connectivity index (χ2v) is 8.93. The van der Waals surface area contributed by atoms with Crippen LogP contribution in [0.25, 0.3) is 10.9 Å². The Balaban J connectivity index is 1.40. The number of amidine groups is 1. The Hall–Kier alpha value is -2.13. The molecule has 3 heterocycles. The van der Waals surface area contributed by atoms with E-state index < -0.39 is 18.2 Å². The maximum Gasteiger partial charge on any atom is 0.451 e. The van der Waals surface area contributed by atoms with Gasteiger partial charge in [-0.2, -0.15) is 18.3 Å². The third-order valence-corrected chi connectivity index (χ3v) is 6.65. The first-order valence-corrected chi connectivity index (χ1v) is 11.2. The van der Waals surface area contributed by atoms with Crippen LogP contribution in [0.1, 0.15) is 31.4 Å². The molecule has 10 heteroatoms. The van der Waals surface area contributed by atoms with Crippen LogP contribution in [0, 0.1) is 0 Å². The molecule has 5 rings (SSSR count). The molecule has 2 aliphatic heterocycles. The lowest BCUT2D eigenvalue weighted by Crippen LogP contribution is -2.57. The van der Waals surface area contributed by atoms with Gasteiger partial charge in [0.2, 0.25) is 5.84 Å². The fourth-order valence-corrected chi connectivity index (χ4v) is 5.09. The number of nitrogens with one attached hydrogen (secondary N) is 2. The number of benzene rings is 1. The second kappa shape index (κ2) is 8.09. The van der Waals surface area contributed by atoms with E-state index in [0.717, 1.165) is 29.4 Å². The number of hydrogen-bond acceptors (Lipinski definition) is 5. The van der Waals surface area contributed by atoms with Gasteiger partial charge in [0.1, 0.15) is 6.17 Å². The maximum absolute atomic E-state index is 13.5. The highest BCUT2D eigenvalue weighted by atomic mass is 35.5. The molecule has 1 aromatic carbocycles. The third kappa shape index (κ3) is 4.05. The minimum Gasteiger partial charge on any atom is -0.327 e. The number of hydrazone groups is 1. The lowest BCUT2D eigenvalue weighted by molar-refractivity contribution is -0.0696. The lowest BCUT2D eigenvalue weighted by Gasteiger charge is -2.36. The highest BCUT2D eigenvalue weighted by Crippen LogP contribution is 2.30. The van der Waals surface area contributed by atoms with Crippen molar-refractivity contribution in [3.63, 3.8) is 0 Å². The highest BCUT2D eigenvalue weighted by molar-refractivity contribution is 6.31. The molecule has 0 spiro atoms. The number of piperazine rings is 1. The molecular formula is C21H26ClF3N6. The molecule has 2 N–H and O–H groups in total. The van der Waals surface area contributed by atoms with Gasteiger partial charge in [-0.1, -0.05) is 24.4 Å². The highest BCUT2D eigenvalue weighted by Gasteiger charge is 2.48. The van der Waals surface area contributed by atoms with E-state index in [1.165, 1.54) is 17.7 Å². The summed E-state index contributed by atoms with van der Waals surface area (Å²) in [6.45, 7) is 1.70. The predicted octanol–water partition coefficient (Wildman–Crippen LogP) is 3.75. The molecule has 1 unspecified atom stereocenters. The Morgan fingerprint density at radius 2 is 2.00 bits per heavy atom. The minimum absolute atomic E-state index is 0.307. The summed E-state index contributed by atoms with van der Waals surface area (Å²) in [5, 5.41) is 10.4. The number of nitrogens with zero attached hydrogens (tertiary/aromatic N) is 4. The third-order valence-electron chi connectivity index (χ3n) is 6.41. The molecule has 31 heavy (non-hydrogen) atoms. The van der Waals surface area contributed by atoms with Gasteiger partial charge in [0.25, 0.3) is 0 Å². The number of hydrogen-bond donors (Lipinski definition) is 2. The first kappa shape index (κ1) is 20.8. The molecule has 1 saturated heterocycles. The van der Waals surface area contributed by atoms with E-state index >= 15 is 0 Å². The smallest absolute Gasteiger partial charge is 0.327 e. The molecule has 1 aromatic heterocycles. The summed E-state index contributed by atoms with van der Waals surface area (Å²) in [5.41, 5.74) is 5.69. The van der Waals surface area contributed by atoms with Gasteiger partial charge >= 0.3 is 6.18 Å². The number of fused-ring (bicyclic) bond motifs is 2. The molecular weight excluding hydrogens is 429 g/mol. The SMILES string of the molecule is FC(F)(F)C1=NN(CCc2cc3cc(Cl)ccc3n2NC2CCCC2)C2CNCCN12. The van der Waals surface area contributed by atoms with Crippen molar-refractivity contribution in [2.24, 2.45) is 5.10 Å². The summed E-state index contributed by atoms with van der Waals surface area (Å²) in [6.07, 6.45) is 0.406. The van der Waals surface area contributed by atoms with Crippen molar-refractivity contribution in [1.29, 1.82) is 0 Å². The first-order chi connectivity index (χ1) is 14.9. The number of aromatic nitrogens is 1. The van der Waals surface area contributed by atoms with Crippen LogP contribution in [0.15, 0.2) is 29.4 Å². The zero-order valence-corrected chi connectivity index (χ0v) is 17.9. The van der Waals surface area contributed by atoms with Gasteiger partial charge in [-0.05, 0) is 37.1 Å². The van der Waals surface area contributed by atoms with Crippen molar-refractivity contribution in [2.45, 2.75) is 50.5 Å². The molecule has 1 atom stereocenters. The van der Waals surface area contributed by atoms with Gasteiger partial charge in [0.15, 0.2) is 0 Å². The number of rotatable bonds is 5. The van der Waals surface area contributed by atoms with Crippen molar-refractivity contribution in [1.82, 2.24) is 19.9 Å². The molecule has 2 aromatic rings. The Morgan fingerprint density at radius 3 is 2.77 bits per heavy atom. The zero-order chi connectivity index (χ0) is 21.6. The standard InChI is InChI=1S/C21H26ClF3N6/c22-15-5-6-18-14(11-15)12-17(31(18)27-16-3-1-2-4-16)7-9-30-19-13-26-8-10-29(19)20(28-30)21(23,24)25/h5-6,11-12,16,19,26-27H,1-4,7-10,13H2. The van der Waals surface area contributed by atoms with Crippen LogP contribution < -0.4 is 10.7 Å². The summed E-state index contributed by atoms with van der Waals surface area (Å²) in [7, 11) is 0. The van der Waals surface area contributed by atoms with E-state index in [-0.39, 0.29) is 0 Å². The molecule has 0 bridgehead atoms. The van der Waals surface area contributed by atoms with E-state index in [1.54, 1.807) is 5.01 Å². The molecule has 1 aliphatic carbocycles. The van der Waals surface area contributed by atoms with Crippen molar-refractivity contribution in [3.8, 4) is 0 Å². The van der Waals surface area contributed by atoms with Crippen LogP contribution in [0.2, 0.25) is 5.02 Å². The van der Waals surface area contributed by atoms with Gasteiger partial charge in [0, 0.05) is 54.7 Å². The lowest BCUT2D eigenvalue weighted by atomic mass is 10.2. The van der Waals surface area contributed by atoms with Crippen LogP contribution >= 0.6 is 11.6 Å². The summed E-state index contributed by atoms with van der Waals surface area (Å²) >= 11 is 6.19. The second-order valence-electron chi connectivity index (χ2n) is 8.50. The Kier molecular flexibility index (Phi) is 5.42. The average molecular weight is 455 g/mol. The number of halogens is 4. The van der Waals surface area contributed by atoms with Crippen LogP contribution in [-0.4, -0.2) is 65.0 Å². The molecule has 6 nitrogen and oxygen atoms in total. The van der Waals surface area contributed by atoms with Crippen LogP contribution in [-0.2, 0) is 6.42 Å². The largest absolute Gasteiger partial charge is 0.451 e. The van der Waals surface area contributed by atoms with Gasteiger partial charge in [-0.3, -0.25) is 9.69 Å². The monoisotopic (exact) mass is 454 g/mol. The van der Waals surface area contributed by atoms with E-state index in [4.69, 9.17) is 11.6 Å². The van der Waals surface area contributed by atoms with Gasteiger partial charge in [-0.25, -0.2) is 0 Å². The maximum atomic E-state index is 13.5. The quantitative estimate of drug-likeness (QED) is 0.722. The van der Waals surface area contributed by atoms with Crippen molar-refractivity contribution < 1.29 is 13.2 Å². The molecule has 1 saturated carbocycles. The van der Waals surface area contributed by atoms with Crippen molar-refractivity contribution >= 4 is 28.3 Å². The fourth-order valence-electron chi connectivity index (χ4n) is 4.91. The molecule has 168 valence electrons. The fraction of sp³-hybridized carbons (Fsp3) is 0.571. The van der Waals surface area contributed by atoms with Crippen molar-refractivity contribution in [2.75, 3.05) is 31.6 Å². The van der Waals surface area contributed by atoms with Gasteiger partial charge in [-0.15, -0.1) is 0 Å². The Morgan fingerprint density at radius 1 is 1.19 bits per heavy atom. The number of alkyl halides is 3. The summed E-state index contributed by atoms with van der Waals surface area (Å²) in [4.78, 5) is 1.38.